The van der Waals surface area contributed by atoms with E-state index in [9.17, 15) is 4.79 Å². The number of nitrogens with zero attached hydrogens (tertiary/aromatic N) is 3. The molecule has 0 radical (unpaired) electrons. The van der Waals surface area contributed by atoms with Crippen LogP contribution in [0.3, 0.4) is 0 Å². The first-order chi connectivity index (χ1) is 16.2. The maximum atomic E-state index is 11.8. The maximum Gasteiger partial charge on any atom is 0.338 e. The Labute approximate surface area is 195 Å². The highest BCUT2D eigenvalue weighted by atomic mass is 16.5. The molecule has 0 amide bonds. The van der Waals surface area contributed by atoms with Gasteiger partial charge in [0, 0.05) is 44.5 Å². The summed E-state index contributed by atoms with van der Waals surface area (Å²) in [6.45, 7) is 7.80. The highest BCUT2D eigenvalue weighted by Crippen LogP contribution is 2.39. The summed E-state index contributed by atoms with van der Waals surface area (Å²) >= 11 is 0. The number of anilines is 1. The fourth-order valence-electron chi connectivity index (χ4n) is 5.72. The van der Waals surface area contributed by atoms with Gasteiger partial charge in [-0.15, -0.1) is 10.2 Å². The minimum absolute atomic E-state index is 0.303. The zero-order valence-electron chi connectivity index (χ0n) is 19.4. The second-order valence-corrected chi connectivity index (χ2v) is 9.71. The average molecular weight is 451 g/mol. The number of carbonyl (C=O) groups excluding carboxylic acids is 1. The predicted molar refractivity (Wildman–Crippen MR) is 127 cm³/mol. The molecule has 1 aromatic heterocycles. The molecular formula is C26H34N4O3. The molecule has 33 heavy (non-hydrogen) atoms. The van der Waals surface area contributed by atoms with Gasteiger partial charge in [0.05, 0.1) is 17.9 Å². The molecule has 2 saturated heterocycles. The standard InChI is InChI=1S/C26H34N4O3/c1-2-33-26(31)20-5-3-19(4-6-20)24-7-8-25(29-28-24)27-23-13-21-16-30(17-22(21)14-23)15-18-9-11-32-12-10-18/h3-8,18,21-23H,2,9-17H2,1H3,(H,27,29)/t21-,22+,23?. The minimum atomic E-state index is -0.303. The van der Waals surface area contributed by atoms with E-state index < -0.39 is 0 Å². The number of hydrogen-bond acceptors (Lipinski definition) is 7. The fraction of sp³-hybridized carbons (Fsp3) is 0.577. The molecule has 5 rings (SSSR count). The smallest absolute Gasteiger partial charge is 0.338 e. The highest BCUT2D eigenvalue weighted by Gasteiger charge is 2.41. The lowest BCUT2D eigenvalue weighted by Crippen LogP contribution is -2.32. The number of hydrogen-bond donors (Lipinski definition) is 1. The summed E-state index contributed by atoms with van der Waals surface area (Å²) in [5.74, 6) is 2.95. The van der Waals surface area contributed by atoms with Gasteiger partial charge in [-0.05, 0) is 74.6 Å². The summed E-state index contributed by atoms with van der Waals surface area (Å²) in [7, 11) is 0. The molecule has 1 aliphatic carbocycles. The zero-order chi connectivity index (χ0) is 22.6. The lowest BCUT2D eigenvalue weighted by Gasteiger charge is -2.27. The Morgan fingerprint density at radius 3 is 2.42 bits per heavy atom. The van der Waals surface area contributed by atoms with Crippen LogP contribution in [0.25, 0.3) is 11.3 Å². The molecule has 7 nitrogen and oxygen atoms in total. The van der Waals surface area contributed by atoms with Crippen LogP contribution in [0.4, 0.5) is 5.82 Å². The molecule has 1 saturated carbocycles. The molecule has 3 aliphatic rings. The Balaban J connectivity index is 1.11. The molecule has 2 aromatic rings. The van der Waals surface area contributed by atoms with Gasteiger partial charge in [0.2, 0.25) is 0 Å². The second-order valence-electron chi connectivity index (χ2n) is 9.71. The quantitative estimate of drug-likeness (QED) is 0.642. The van der Waals surface area contributed by atoms with Crippen molar-refractivity contribution in [3.05, 3.63) is 42.0 Å². The summed E-state index contributed by atoms with van der Waals surface area (Å²) < 4.78 is 10.5. The van der Waals surface area contributed by atoms with Crippen LogP contribution >= 0.6 is 0 Å². The Hall–Kier alpha value is -2.51. The van der Waals surface area contributed by atoms with E-state index in [0.29, 0.717) is 18.2 Å². The first-order valence-electron chi connectivity index (χ1n) is 12.4. The third-order valence-corrected chi connectivity index (χ3v) is 7.39. The van der Waals surface area contributed by atoms with Crippen molar-refractivity contribution in [2.45, 2.75) is 38.6 Å². The van der Waals surface area contributed by atoms with Gasteiger partial charge in [-0.3, -0.25) is 0 Å². The molecule has 2 aliphatic heterocycles. The van der Waals surface area contributed by atoms with Crippen molar-refractivity contribution in [2.75, 3.05) is 44.8 Å². The van der Waals surface area contributed by atoms with Crippen molar-refractivity contribution < 1.29 is 14.3 Å². The van der Waals surface area contributed by atoms with Crippen molar-refractivity contribution in [3.63, 3.8) is 0 Å². The maximum absolute atomic E-state index is 11.8. The minimum Gasteiger partial charge on any atom is -0.462 e. The number of fused-ring (bicyclic) bond motifs is 1. The monoisotopic (exact) mass is 450 g/mol. The van der Waals surface area contributed by atoms with E-state index in [4.69, 9.17) is 9.47 Å². The van der Waals surface area contributed by atoms with Crippen LogP contribution in [-0.2, 0) is 9.47 Å². The van der Waals surface area contributed by atoms with Crippen molar-refractivity contribution in [2.24, 2.45) is 17.8 Å². The topological polar surface area (TPSA) is 76.6 Å². The molecule has 1 unspecified atom stereocenters. The van der Waals surface area contributed by atoms with Crippen LogP contribution in [0.1, 0.15) is 43.0 Å². The highest BCUT2D eigenvalue weighted by molar-refractivity contribution is 5.89. The SMILES string of the molecule is CCOC(=O)c1ccc(-c2ccc(NC3C[C@@H]4CN(CC5CCOCC5)C[C@@H]4C3)nn2)cc1. The summed E-state index contributed by atoms with van der Waals surface area (Å²) in [5.41, 5.74) is 2.27. The Bertz CT molecular complexity index is 914. The lowest BCUT2D eigenvalue weighted by molar-refractivity contribution is 0.0526. The van der Waals surface area contributed by atoms with E-state index in [-0.39, 0.29) is 5.97 Å². The second kappa shape index (κ2) is 10.2. The Kier molecular flexibility index (Phi) is 6.88. The Morgan fingerprint density at radius 1 is 1.06 bits per heavy atom. The molecule has 1 aromatic carbocycles. The summed E-state index contributed by atoms with van der Waals surface area (Å²) in [6.07, 6.45) is 4.88. The van der Waals surface area contributed by atoms with Crippen molar-refractivity contribution in [1.82, 2.24) is 15.1 Å². The van der Waals surface area contributed by atoms with Crippen LogP contribution in [0.2, 0.25) is 0 Å². The number of benzene rings is 1. The van der Waals surface area contributed by atoms with Gasteiger partial charge in [-0.1, -0.05) is 12.1 Å². The number of ether oxygens (including phenoxy) is 2. The van der Waals surface area contributed by atoms with E-state index in [1.165, 1.54) is 45.3 Å². The zero-order valence-corrected chi connectivity index (χ0v) is 19.4. The summed E-state index contributed by atoms with van der Waals surface area (Å²) in [4.78, 5) is 14.5. The largest absolute Gasteiger partial charge is 0.462 e. The van der Waals surface area contributed by atoms with E-state index in [1.807, 2.05) is 24.3 Å². The molecular weight excluding hydrogens is 416 g/mol. The fourth-order valence-corrected chi connectivity index (χ4v) is 5.72. The molecule has 3 atom stereocenters. The predicted octanol–water partition coefficient (Wildman–Crippen LogP) is 3.87. The van der Waals surface area contributed by atoms with Gasteiger partial charge in [-0.2, -0.15) is 0 Å². The van der Waals surface area contributed by atoms with E-state index >= 15 is 0 Å². The van der Waals surface area contributed by atoms with Gasteiger partial charge in [-0.25, -0.2) is 4.79 Å². The van der Waals surface area contributed by atoms with Gasteiger partial charge >= 0.3 is 5.97 Å². The molecule has 3 fully saturated rings. The average Bonchev–Trinajstić information content (AvgIpc) is 3.38. The van der Waals surface area contributed by atoms with Gasteiger partial charge in [0.15, 0.2) is 0 Å². The van der Waals surface area contributed by atoms with Crippen LogP contribution < -0.4 is 5.32 Å². The number of nitrogens with one attached hydrogen (secondary N) is 1. The number of carbonyl (C=O) groups is 1. The van der Waals surface area contributed by atoms with E-state index in [1.54, 1.807) is 19.1 Å². The first kappa shape index (κ1) is 22.3. The normalized spacial score (nSPS) is 25.7. The third-order valence-electron chi connectivity index (χ3n) is 7.39. The van der Waals surface area contributed by atoms with Gasteiger partial charge in [0.25, 0.3) is 0 Å². The van der Waals surface area contributed by atoms with Crippen molar-refractivity contribution >= 4 is 11.8 Å². The van der Waals surface area contributed by atoms with Crippen molar-refractivity contribution in [3.8, 4) is 11.3 Å². The molecule has 0 bridgehead atoms. The van der Waals surface area contributed by atoms with Crippen LogP contribution in [-0.4, -0.2) is 66.6 Å². The van der Waals surface area contributed by atoms with Gasteiger partial charge < -0.3 is 19.7 Å². The van der Waals surface area contributed by atoms with Crippen LogP contribution in [0.15, 0.2) is 36.4 Å². The van der Waals surface area contributed by atoms with Gasteiger partial charge in [0.1, 0.15) is 5.82 Å². The van der Waals surface area contributed by atoms with Crippen LogP contribution in [0.5, 0.6) is 0 Å². The summed E-state index contributed by atoms with van der Waals surface area (Å²) in [6, 6.07) is 11.8. The van der Waals surface area contributed by atoms with Crippen LogP contribution in [0, 0.1) is 17.8 Å². The third kappa shape index (κ3) is 5.36. The Morgan fingerprint density at radius 2 is 1.79 bits per heavy atom. The lowest BCUT2D eigenvalue weighted by atomic mass is 10.00. The number of aromatic nitrogens is 2. The number of likely N-dealkylation sites (tertiary alicyclic amines) is 1. The first-order valence-corrected chi connectivity index (χ1v) is 12.4. The summed E-state index contributed by atoms with van der Waals surface area (Å²) in [5, 5.41) is 12.4. The number of esters is 1. The molecule has 0 spiro atoms. The molecule has 3 heterocycles. The molecule has 176 valence electrons. The van der Waals surface area contributed by atoms with E-state index in [2.05, 4.69) is 20.4 Å². The molecule has 7 heteroatoms. The number of rotatable bonds is 7. The van der Waals surface area contributed by atoms with Crippen molar-refractivity contribution in [1.29, 1.82) is 0 Å². The van der Waals surface area contributed by atoms with E-state index in [0.717, 1.165) is 48.0 Å². The molecule has 1 N–H and O–H groups in total.